The highest BCUT2D eigenvalue weighted by Gasteiger charge is 2.14. The Morgan fingerprint density at radius 2 is 1.70 bits per heavy atom. The van der Waals surface area contributed by atoms with Crippen LogP contribution in [0, 0.1) is 17.6 Å². The minimum Gasteiger partial charge on any atom is -0.236 e. The molecule has 1 aromatic carbocycles. The minimum absolute atomic E-state index is 0.429. The fourth-order valence-electron chi connectivity index (χ4n) is 3.33. The van der Waals surface area contributed by atoms with E-state index in [2.05, 4.69) is 9.97 Å². The van der Waals surface area contributed by atoms with E-state index in [4.69, 9.17) is 0 Å². The quantitative estimate of drug-likeness (QED) is 0.674. The maximum atomic E-state index is 13.2. The molecule has 3 rings (SSSR count). The number of unbranched alkanes of at least 4 members (excludes halogenated alkanes) is 1. The number of hydrogen-bond donors (Lipinski definition) is 0. The van der Waals surface area contributed by atoms with Crippen LogP contribution in [-0.2, 0) is 6.42 Å². The van der Waals surface area contributed by atoms with Crippen molar-refractivity contribution in [3.63, 3.8) is 0 Å². The Hall–Kier alpha value is -1.84. The van der Waals surface area contributed by atoms with Crippen LogP contribution in [0.1, 0.15) is 50.5 Å². The molecule has 0 N–H and O–H groups in total. The van der Waals surface area contributed by atoms with E-state index in [1.807, 2.05) is 0 Å². The Bertz CT molecular complexity index is 634. The van der Waals surface area contributed by atoms with E-state index in [1.165, 1.54) is 44.6 Å². The molecule has 1 aliphatic carbocycles. The largest absolute Gasteiger partial charge is 0.236 e. The molecule has 2 aromatic rings. The van der Waals surface area contributed by atoms with Crippen molar-refractivity contribution >= 4 is 0 Å². The summed E-state index contributed by atoms with van der Waals surface area (Å²) in [4.78, 5) is 8.55. The third-order valence-corrected chi connectivity index (χ3v) is 4.69. The Morgan fingerprint density at radius 1 is 0.957 bits per heavy atom. The first-order chi connectivity index (χ1) is 11.2. The van der Waals surface area contributed by atoms with E-state index in [0.717, 1.165) is 36.5 Å². The predicted molar refractivity (Wildman–Crippen MR) is 86.9 cm³/mol. The van der Waals surface area contributed by atoms with Crippen LogP contribution in [0.4, 0.5) is 8.78 Å². The van der Waals surface area contributed by atoms with Crippen LogP contribution in [0.2, 0.25) is 0 Å². The van der Waals surface area contributed by atoms with Crippen molar-refractivity contribution in [2.75, 3.05) is 0 Å². The lowest BCUT2D eigenvalue weighted by Crippen LogP contribution is -1.96. The molecule has 1 fully saturated rings. The van der Waals surface area contributed by atoms with Gasteiger partial charge in [0.05, 0.1) is 0 Å². The van der Waals surface area contributed by atoms with Crippen molar-refractivity contribution < 1.29 is 8.78 Å². The molecule has 1 aliphatic rings. The van der Waals surface area contributed by atoms with E-state index in [0.29, 0.717) is 11.4 Å². The van der Waals surface area contributed by atoms with E-state index in [9.17, 15) is 8.78 Å². The molecule has 122 valence electrons. The van der Waals surface area contributed by atoms with Gasteiger partial charge in [0.15, 0.2) is 17.5 Å². The highest BCUT2D eigenvalue weighted by Crippen LogP contribution is 2.29. The molecule has 0 unspecified atom stereocenters. The molecule has 2 nitrogen and oxygen atoms in total. The van der Waals surface area contributed by atoms with Gasteiger partial charge in [-0.15, -0.1) is 0 Å². The van der Waals surface area contributed by atoms with Crippen LogP contribution >= 0.6 is 0 Å². The lowest BCUT2D eigenvalue weighted by Gasteiger charge is -2.08. The van der Waals surface area contributed by atoms with Gasteiger partial charge >= 0.3 is 0 Å². The zero-order valence-electron chi connectivity index (χ0n) is 13.3. The van der Waals surface area contributed by atoms with Crippen LogP contribution in [0.15, 0.2) is 30.6 Å². The second kappa shape index (κ2) is 7.62. The Balaban J connectivity index is 1.51. The standard InChI is InChI=1S/C19H22F2N2/c20-17-10-9-16(11-18(17)21)19-22-12-15(13-23-19)8-4-3-7-14-5-1-2-6-14/h9-14H,1-8H2. The van der Waals surface area contributed by atoms with Crippen LogP contribution in [0.3, 0.4) is 0 Å². The summed E-state index contributed by atoms with van der Waals surface area (Å²) in [6, 6.07) is 3.73. The first kappa shape index (κ1) is 16.0. The van der Waals surface area contributed by atoms with Gasteiger partial charge in [-0.3, -0.25) is 0 Å². The van der Waals surface area contributed by atoms with Gasteiger partial charge in [-0.25, -0.2) is 18.7 Å². The van der Waals surface area contributed by atoms with Gasteiger partial charge in [0.2, 0.25) is 0 Å². The van der Waals surface area contributed by atoms with Crippen molar-refractivity contribution in [3.05, 3.63) is 47.8 Å². The van der Waals surface area contributed by atoms with Crippen molar-refractivity contribution in [2.24, 2.45) is 5.92 Å². The van der Waals surface area contributed by atoms with Crippen molar-refractivity contribution in [3.8, 4) is 11.4 Å². The predicted octanol–water partition coefficient (Wildman–Crippen LogP) is 5.32. The minimum atomic E-state index is -0.873. The molecule has 1 aromatic heterocycles. The number of halogens is 2. The Kier molecular flexibility index (Phi) is 5.31. The van der Waals surface area contributed by atoms with Gasteiger partial charge < -0.3 is 0 Å². The van der Waals surface area contributed by atoms with Crippen LogP contribution < -0.4 is 0 Å². The molecular weight excluding hydrogens is 294 g/mol. The summed E-state index contributed by atoms with van der Waals surface area (Å²) < 4.78 is 26.2. The lowest BCUT2D eigenvalue weighted by atomic mass is 9.99. The van der Waals surface area contributed by atoms with Crippen molar-refractivity contribution in [1.82, 2.24) is 9.97 Å². The normalized spacial score (nSPS) is 15.2. The lowest BCUT2D eigenvalue weighted by molar-refractivity contribution is 0.473. The highest BCUT2D eigenvalue weighted by molar-refractivity contribution is 5.54. The second-order valence-electron chi connectivity index (χ2n) is 6.44. The van der Waals surface area contributed by atoms with Crippen LogP contribution in [0.25, 0.3) is 11.4 Å². The third kappa shape index (κ3) is 4.34. The second-order valence-corrected chi connectivity index (χ2v) is 6.44. The molecule has 0 saturated heterocycles. The number of benzene rings is 1. The molecule has 1 heterocycles. The molecule has 0 aliphatic heterocycles. The van der Waals surface area contributed by atoms with E-state index in [-0.39, 0.29) is 0 Å². The van der Waals surface area contributed by atoms with E-state index >= 15 is 0 Å². The summed E-state index contributed by atoms with van der Waals surface area (Å²) in [5, 5.41) is 0. The first-order valence-corrected chi connectivity index (χ1v) is 8.49. The summed E-state index contributed by atoms with van der Waals surface area (Å²) in [5.74, 6) is -0.352. The monoisotopic (exact) mass is 316 g/mol. The number of aromatic nitrogens is 2. The average Bonchev–Trinajstić information content (AvgIpc) is 3.08. The van der Waals surface area contributed by atoms with Crippen LogP contribution in [0.5, 0.6) is 0 Å². The summed E-state index contributed by atoms with van der Waals surface area (Å²) >= 11 is 0. The zero-order valence-corrected chi connectivity index (χ0v) is 13.3. The van der Waals surface area contributed by atoms with Gasteiger partial charge in [-0.2, -0.15) is 0 Å². The zero-order chi connectivity index (χ0) is 16.1. The van der Waals surface area contributed by atoms with Crippen LogP contribution in [-0.4, -0.2) is 9.97 Å². The SMILES string of the molecule is Fc1ccc(-c2ncc(CCCCC3CCCC3)cn2)cc1F. The Labute approximate surface area is 136 Å². The van der Waals surface area contributed by atoms with Gasteiger partial charge in [-0.1, -0.05) is 38.5 Å². The average molecular weight is 316 g/mol. The van der Waals surface area contributed by atoms with Crippen molar-refractivity contribution in [2.45, 2.75) is 51.4 Å². The molecular formula is C19H22F2N2. The van der Waals surface area contributed by atoms with Crippen molar-refractivity contribution in [1.29, 1.82) is 0 Å². The number of aryl methyl sites for hydroxylation is 1. The molecule has 0 bridgehead atoms. The Morgan fingerprint density at radius 3 is 2.39 bits per heavy atom. The molecule has 0 atom stereocenters. The smallest absolute Gasteiger partial charge is 0.159 e. The van der Waals surface area contributed by atoms with Gasteiger partial charge in [0, 0.05) is 18.0 Å². The van der Waals surface area contributed by atoms with Gasteiger partial charge in [0.25, 0.3) is 0 Å². The first-order valence-electron chi connectivity index (χ1n) is 8.49. The maximum absolute atomic E-state index is 13.2. The van der Waals surface area contributed by atoms with E-state index < -0.39 is 11.6 Å². The molecule has 23 heavy (non-hydrogen) atoms. The number of nitrogens with zero attached hydrogens (tertiary/aromatic N) is 2. The third-order valence-electron chi connectivity index (χ3n) is 4.69. The molecule has 0 spiro atoms. The summed E-state index contributed by atoms with van der Waals surface area (Å²) in [6.45, 7) is 0. The highest BCUT2D eigenvalue weighted by atomic mass is 19.2. The van der Waals surface area contributed by atoms with E-state index in [1.54, 1.807) is 12.4 Å². The molecule has 0 radical (unpaired) electrons. The fraction of sp³-hybridized carbons (Fsp3) is 0.474. The molecule has 0 amide bonds. The molecule has 4 heteroatoms. The maximum Gasteiger partial charge on any atom is 0.159 e. The topological polar surface area (TPSA) is 25.8 Å². The van der Waals surface area contributed by atoms with Gasteiger partial charge in [-0.05, 0) is 42.5 Å². The molecule has 1 saturated carbocycles. The number of rotatable bonds is 6. The van der Waals surface area contributed by atoms with Gasteiger partial charge in [0.1, 0.15) is 0 Å². The summed E-state index contributed by atoms with van der Waals surface area (Å²) in [5.41, 5.74) is 1.60. The summed E-state index contributed by atoms with van der Waals surface area (Å²) in [7, 11) is 0. The number of hydrogen-bond acceptors (Lipinski definition) is 2. The fourth-order valence-corrected chi connectivity index (χ4v) is 3.33. The summed E-state index contributed by atoms with van der Waals surface area (Å²) in [6.07, 6.45) is 13.9.